The van der Waals surface area contributed by atoms with Gasteiger partial charge in [0, 0.05) is 17.0 Å². The highest BCUT2D eigenvalue weighted by molar-refractivity contribution is 6.30. The van der Waals surface area contributed by atoms with E-state index >= 15 is 0 Å². The van der Waals surface area contributed by atoms with Gasteiger partial charge in [0.05, 0.1) is 17.5 Å². The van der Waals surface area contributed by atoms with Gasteiger partial charge in [-0.05, 0) is 29.8 Å². The first-order valence-electron chi connectivity index (χ1n) is 7.90. The Morgan fingerprint density at radius 3 is 2.84 bits per heavy atom. The fraction of sp³-hybridized carbons (Fsp3) is 0.100. The minimum atomic E-state index is 0.0581. The summed E-state index contributed by atoms with van der Waals surface area (Å²) >= 11 is 5.99. The van der Waals surface area contributed by atoms with E-state index in [2.05, 4.69) is 11.7 Å². The highest BCUT2D eigenvalue weighted by Crippen LogP contribution is 2.41. The molecule has 0 bridgehead atoms. The van der Waals surface area contributed by atoms with Gasteiger partial charge in [-0.25, -0.2) is 0 Å². The number of Topliss-reactive ketones (excluding diaryl/α,β-unsaturated/α-hetero) is 1. The summed E-state index contributed by atoms with van der Waals surface area (Å²) in [6.45, 7) is 4.13. The molecule has 3 aromatic rings. The van der Waals surface area contributed by atoms with Crippen LogP contribution in [0.5, 0.6) is 5.75 Å². The predicted octanol–water partition coefficient (Wildman–Crippen LogP) is 4.38. The molecule has 1 aliphatic heterocycles. The van der Waals surface area contributed by atoms with Crippen LogP contribution in [0.3, 0.4) is 0 Å². The highest BCUT2D eigenvalue weighted by Gasteiger charge is 2.25. The molecule has 0 fully saturated rings. The van der Waals surface area contributed by atoms with Gasteiger partial charge in [0.2, 0.25) is 0 Å². The average molecular weight is 351 g/mol. The fourth-order valence-corrected chi connectivity index (χ4v) is 3.24. The summed E-state index contributed by atoms with van der Waals surface area (Å²) in [4.78, 5) is 12.5. The Morgan fingerprint density at radius 1 is 1.16 bits per heavy atom. The van der Waals surface area contributed by atoms with Crippen molar-refractivity contribution in [3.05, 3.63) is 77.5 Å². The van der Waals surface area contributed by atoms with E-state index in [9.17, 15) is 4.79 Å². The van der Waals surface area contributed by atoms with Crippen molar-refractivity contribution in [3.8, 4) is 17.0 Å². The number of nitrogens with zero attached hydrogens (tertiary/aromatic N) is 2. The third kappa shape index (κ3) is 2.96. The van der Waals surface area contributed by atoms with Crippen LogP contribution in [-0.4, -0.2) is 15.6 Å². The minimum absolute atomic E-state index is 0.0581. The molecule has 0 spiro atoms. The van der Waals surface area contributed by atoms with E-state index in [1.165, 1.54) is 0 Å². The average Bonchev–Trinajstić information content (AvgIpc) is 2.99. The first-order valence-corrected chi connectivity index (χ1v) is 8.28. The number of hydrogen-bond acceptors (Lipinski definition) is 3. The summed E-state index contributed by atoms with van der Waals surface area (Å²) in [5.74, 6) is 1.33. The van der Waals surface area contributed by atoms with Crippen LogP contribution in [0.1, 0.15) is 11.1 Å². The van der Waals surface area contributed by atoms with Crippen molar-refractivity contribution in [2.24, 2.45) is 0 Å². The van der Waals surface area contributed by atoms with Crippen LogP contribution in [0.2, 0.25) is 5.02 Å². The number of fused-ring (bicyclic) bond motifs is 3. The highest BCUT2D eigenvalue weighted by atomic mass is 35.5. The van der Waals surface area contributed by atoms with Crippen LogP contribution in [0.15, 0.2) is 61.3 Å². The third-order valence-corrected chi connectivity index (χ3v) is 4.37. The van der Waals surface area contributed by atoms with Crippen molar-refractivity contribution in [2.45, 2.75) is 13.0 Å². The molecule has 4 nitrogen and oxygen atoms in total. The smallest absolute Gasteiger partial charge is 0.158 e. The van der Waals surface area contributed by atoms with Crippen molar-refractivity contribution in [3.63, 3.8) is 0 Å². The van der Waals surface area contributed by atoms with Gasteiger partial charge in [-0.3, -0.25) is 9.48 Å². The van der Waals surface area contributed by atoms with Crippen LogP contribution >= 0.6 is 11.6 Å². The maximum absolute atomic E-state index is 12.5. The molecule has 1 aliphatic rings. The van der Waals surface area contributed by atoms with E-state index in [-0.39, 0.29) is 12.3 Å². The number of hydrogen-bond donors (Lipinski definition) is 0. The minimum Gasteiger partial charge on any atom is -0.457 e. The quantitative estimate of drug-likeness (QED) is 0.701. The van der Waals surface area contributed by atoms with Crippen LogP contribution in [-0.2, 0) is 17.8 Å². The van der Waals surface area contributed by atoms with E-state index in [1.807, 2.05) is 42.5 Å². The maximum Gasteiger partial charge on any atom is 0.158 e. The summed E-state index contributed by atoms with van der Waals surface area (Å²) < 4.78 is 7.46. The SMILES string of the molecule is C=C1Oc2ccccc2-c2c1cnn2CC(=O)Cc1cccc(Cl)c1. The van der Waals surface area contributed by atoms with Gasteiger partial charge in [0.1, 0.15) is 18.1 Å². The van der Waals surface area contributed by atoms with Crippen molar-refractivity contribution >= 4 is 23.1 Å². The summed E-state index contributed by atoms with van der Waals surface area (Å²) in [5.41, 5.74) is 3.49. The number of carbonyl (C=O) groups is 1. The van der Waals surface area contributed by atoms with Gasteiger partial charge in [0.25, 0.3) is 0 Å². The fourth-order valence-electron chi connectivity index (χ4n) is 3.03. The summed E-state index contributed by atoms with van der Waals surface area (Å²) in [6.07, 6.45) is 2.01. The van der Waals surface area contributed by atoms with Crippen LogP contribution in [0.25, 0.3) is 17.0 Å². The topological polar surface area (TPSA) is 44.1 Å². The van der Waals surface area contributed by atoms with Crippen molar-refractivity contribution in [1.29, 1.82) is 0 Å². The van der Waals surface area contributed by atoms with E-state index in [0.717, 1.165) is 28.1 Å². The molecule has 4 rings (SSSR count). The lowest BCUT2D eigenvalue weighted by Gasteiger charge is -2.20. The first-order chi connectivity index (χ1) is 12.1. The Morgan fingerprint density at radius 2 is 2.00 bits per heavy atom. The van der Waals surface area contributed by atoms with E-state index in [4.69, 9.17) is 16.3 Å². The second-order valence-corrected chi connectivity index (χ2v) is 6.37. The Kier molecular flexibility index (Phi) is 3.90. The Balaban J connectivity index is 1.63. The Hall–Kier alpha value is -2.85. The van der Waals surface area contributed by atoms with Crippen LogP contribution < -0.4 is 4.74 Å². The molecule has 0 N–H and O–H groups in total. The normalized spacial score (nSPS) is 12.3. The summed E-state index contributed by atoms with van der Waals surface area (Å²) in [7, 11) is 0. The van der Waals surface area contributed by atoms with E-state index in [0.29, 0.717) is 17.2 Å². The number of benzene rings is 2. The largest absolute Gasteiger partial charge is 0.457 e. The first kappa shape index (κ1) is 15.7. The number of halogens is 1. The summed E-state index contributed by atoms with van der Waals surface area (Å²) in [5, 5.41) is 5.00. The Bertz CT molecular complexity index is 991. The van der Waals surface area contributed by atoms with Gasteiger partial charge >= 0.3 is 0 Å². The third-order valence-electron chi connectivity index (χ3n) is 4.13. The molecule has 0 amide bonds. The Labute approximate surface area is 150 Å². The molecule has 25 heavy (non-hydrogen) atoms. The molecule has 0 atom stereocenters. The molecular weight excluding hydrogens is 336 g/mol. The predicted molar refractivity (Wildman–Crippen MR) is 97.5 cm³/mol. The molecule has 0 aliphatic carbocycles. The van der Waals surface area contributed by atoms with E-state index < -0.39 is 0 Å². The molecule has 1 aromatic heterocycles. The van der Waals surface area contributed by atoms with Crippen LogP contribution in [0.4, 0.5) is 0 Å². The zero-order valence-electron chi connectivity index (χ0n) is 13.4. The van der Waals surface area contributed by atoms with Gasteiger partial charge < -0.3 is 4.74 Å². The molecule has 5 heteroatoms. The van der Waals surface area contributed by atoms with Gasteiger partial charge in [-0.15, -0.1) is 0 Å². The molecule has 0 saturated heterocycles. The number of para-hydroxylation sites is 1. The number of ketones is 1. The van der Waals surface area contributed by atoms with Gasteiger partial charge in [-0.1, -0.05) is 42.4 Å². The van der Waals surface area contributed by atoms with Crippen molar-refractivity contribution in [2.75, 3.05) is 0 Å². The standard InChI is InChI=1S/C20H15ClN2O2/c1-13-18-11-22-23(20(18)17-7-2-3-8-19(17)25-13)12-16(24)10-14-5-4-6-15(21)9-14/h2-9,11H,1,10,12H2. The molecule has 0 saturated carbocycles. The number of rotatable bonds is 4. The molecule has 124 valence electrons. The number of aromatic nitrogens is 2. The number of ether oxygens (including phenoxy) is 1. The van der Waals surface area contributed by atoms with Crippen molar-refractivity contribution in [1.82, 2.24) is 9.78 Å². The second-order valence-electron chi connectivity index (χ2n) is 5.93. The van der Waals surface area contributed by atoms with Crippen molar-refractivity contribution < 1.29 is 9.53 Å². The molecule has 2 heterocycles. The molecule has 2 aromatic carbocycles. The molecule has 0 radical (unpaired) electrons. The lowest BCUT2D eigenvalue weighted by Crippen LogP contribution is -2.16. The summed E-state index contributed by atoms with van der Waals surface area (Å²) in [6, 6.07) is 15.0. The van der Waals surface area contributed by atoms with Gasteiger partial charge in [-0.2, -0.15) is 5.10 Å². The van der Waals surface area contributed by atoms with Gasteiger partial charge in [0.15, 0.2) is 5.78 Å². The molecule has 0 unspecified atom stereocenters. The number of carbonyl (C=O) groups excluding carboxylic acids is 1. The zero-order valence-corrected chi connectivity index (χ0v) is 14.2. The monoisotopic (exact) mass is 350 g/mol. The zero-order chi connectivity index (χ0) is 17.4. The van der Waals surface area contributed by atoms with E-state index in [1.54, 1.807) is 16.9 Å². The lowest BCUT2D eigenvalue weighted by molar-refractivity contribution is -0.119. The second kappa shape index (κ2) is 6.22. The lowest BCUT2D eigenvalue weighted by atomic mass is 10.0. The van der Waals surface area contributed by atoms with Crippen LogP contribution in [0, 0.1) is 0 Å². The maximum atomic E-state index is 12.5. The molecular formula is C20H15ClN2O2.